The van der Waals surface area contributed by atoms with Crippen LogP contribution in [-0.4, -0.2) is 27.1 Å². The predicted molar refractivity (Wildman–Crippen MR) is 65.7 cm³/mol. The molecule has 3 N–H and O–H groups in total. The number of nitrogen functional groups attached to an aromatic ring is 1. The number of nitrogens with zero attached hydrogens (tertiary/aromatic N) is 4. The molecule has 7 heteroatoms. The highest BCUT2D eigenvalue weighted by Gasteiger charge is 2.01. The molecule has 0 fully saturated rings. The lowest BCUT2D eigenvalue weighted by Crippen LogP contribution is -2.17. The summed E-state index contributed by atoms with van der Waals surface area (Å²) in [5.74, 6) is -0.127. The van der Waals surface area contributed by atoms with Crippen molar-refractivity contribution in [1.29, 1.82) is 0 Å². The summed E-state index contributed by atoms with van der Waals surface area (Å²) in [7, 11) is 0. The van der Waals surface area contributed by atoms with Crippen LogP contribution in [0.25, 0.3) is 0 Å². The normalized spacial score (nSPS) is 10.4. The first-order valence-corrected chi connectivity index (χ1v) is 5.06. The average Bonchev–Trinajstić information content (AvgIpc) is 2.42. The number of hydrazone groups is 1. The van der Waals surface area contributed by atoms with E-state index in [-0.39, 0.29) is 11.9 Å². The van der Waals surface area contributed by atoms with Gasteiger partial charge >= 0.3 is 0 Å². The van der Waals surface area contributed by atoms with E-state index in [1.165, 1.54) is 31.0 Å². The Labute approximate surface area is 103 Å². The maximum absolute atomic E-state index is 11.6. The lowest BCUT2D eigenvalue weighted by atomic mass is 10.3. The second kappa shape index (κ2) is 5.48. The Morgan fingerprint density at radius 1 is 1.28 bits per heavy atom. The van der Waals surface area contributed by atoms with Gasteiger partial charge in [-0.15, -0.1) is 0 Å². The van der Waals surface area contributed by atoms with Crippen LogP contribution in [0, 0.1) is 0 Å². The van der Waals surface area contributed by atoms with Crippen LogP contribution in [0.4, 0.5) is 5.95 Å². The Hall–Kier alpha value is -2.83. The summed E-state index contributed by atoms with van der Waals surface area (Å²) in [5.41, 5.74) is 8.84. The molecule has 0 saturated carbocycles. The molecule has 2 aromatic heterocycles. The van der Waals surface area contributed by atoms with Gasteiger partial charge in [0.05, 0.1) is 6.21 Å². The first-order valence-electron chi connectivity index (χ1n) is 5.06. The van der Waals surface area contributed by atoms with Crippen molar-refractivity contribution in [3.63, 3.8) is 0 Å². The molecule has 0 unspecified atom stereocenters. The van der Waals surface area contributed by atoms with Crippen molar-refractivity contribution < 1.29 is 4.79 Å². The van der Waals surface area contributed by atoms with E-state index in [9.17, 15) is 4.79 Å². The molecule has 0 aliphatic rings. The number of pyridine rings is 1. The van der Waals surface area contributed by atoms with Crippen molar-refractivity contribution in [2.75, 3.05) is 5.73 Å². The third-order valence-corrected chi connectivity index (χ3v) is 2.01. The molecule has 7 nitrogen and oxygen atoms in total. The number of anilines is 1. The minimum absolute atomic E-state index is 0.188. The summed E-state index contributed by atoms with van der Waals surface area (Å²) in [6.07, 6.45) is 7.51. The van der Waals surface area contributed by atoms with Gasteiger partial charge in [0.25, 0.3) is 5.91 Å². The molecule has 0 bridgehead atoms. The number of carbonyl (C=O) groups excluding carboxylic acids is 1. The van der Waals surface area contributed by atoms with Crippen molar-refractivity contribution in [2.24, 2.45) is 5.10 Å². The van der Waals surface area contributed by atoms with E-state index in [1.54, 1.807) is 12.1 Å². The fraction of sp³-hybridized carbons (Fsp3) is 0. The minimum atomic E-state index is -0.315. The summed E-state index contributed by atoms with van der Waals surface area (Å²) in [4.78, 5) is 23.0. The van der Waals surface area contributed by atoms with Crippen molar-refractivity contribution in [3.05, 3.63) is 48.0 Å². The van der Waals surface area contributed by atoms with Gasteiger partial charge in [-0.05, 0) is 12.1 Å². The Morgan fingerprint density at radius 2 is 1.94 bits per heavy atom. The fourth-order valence-corrected chi connectivity index (χ4v) is 1.15. The molecule has 0 aromatic carbocycles. The topological polar surface area (TPSA) is 106 Å². The molecule has 2 rings (SSSR count). The number of rotatable bonds is 3. The third kappa shape index (κ3) is 3.08. The Balaban J connectivity index is 1.96. The van der Waals surface area contributed by atoms with Gasteiger partial charge in [-0.2, -0.15) is 5.10 Å². The monoisotopic (exact) mass is 242 g/mol. The lowest BCUT2D eigenvalue weighted by Gasteiger charge is -1.98. The molecular formula is C11H10N6O. The van der Waals surface area contributed by atoms with E-state index in [4.69, 9.17) is 5.73 Å². The first kappa shape index (κ1) is 11.6. The van der Waals surface area contributed by atoms with Crippen molar-refractivity contribution >= 4 is 18.1 Å². The van der Waals surface area contributed by atoms with E-state index in [0.717, 1.165) is 0 Å². The lowest BCUT2D eigenvalue weighted by molar-refractivity contribution is 0.0955. The number of hydrogen-bond acceptors (Lipinski definition) is 6. The number of nitrogens with two attached hydrogens (primary N) is 1. The highest BCUT2D eigenvalue weighted by molar-refractivity contribution is 5.94. The van der Waals surface area contributed by atoms with E-state index in [2.05, 4.69) is 25.5 Å². The Bertz CT molecular complexity index is 552. The van der Waals surface area contributed by atoms with E-state index in [0.29, 0.717) is 11.1 Å². The molecule has 2 aromatic rings. The van der Waals surface area contributed by atoms with Gasteiger partial charge in [0.1, 0.15) is 0 Å². The van der Waals surface area contributed by atoms with Crippen LogP contribution in [0.15, 0.2) is 42.0 Å². The molecule has 0 aliphatic carbocycles. The zero-order valence-electron chi connectivity index (χ0n) is 9.32. The van der Waals surface area contributed by atoms with Gasteiger partial charge < -0.3 is 5.73 Å². The van der Waals surface area contributed by atoms with E-state index >= 15 is 0 Å². The predicted octanol–water partition coefficient (Wildman–Crippen LogP) is 0.218. The van der Waals surface area contributed by atoms with Gasteiger partial charge in [-0.1, -0.05) is 0 Å². The van der Waals surface area contributed by atoms with Gasteiger partial charge in [0, 0.05) is 35.9 Å². The third-order valence-electron chi connectivity index (χ3n) is 2.01. The SMILES string of the molecule is Nc1ncc(/C=N/NC(=O)c2ccncc2)cn1. The largest absolute Gasteiger partial charge is 0.368 e. The standard InChI is InChI=1S/C11H10N6O/c12-11-14-5-8(6-15-11)7-16-17-10(18)9-1-3-13-4-2-9/h1-7H,(H,17,18)(H2,12,14,15)/b16-7+. The van der Waals surface area contributed by atoms with Crippen LogP contribution >= 0.6 is 0 Å². The molecular weight excluding hydrogens is 232 g/mol. The van der Waals surface area contributed by atoms with Crippen LogP contribution in [0.3, 0.4) is 0 Å². The van der Waals surface area contributed by atoms with Crippen LogP contribution in [-0.2, 0) is 0 Å². The molecule has 90 valence electrons. The van der Waals surface area contributed by atoms with Gasteiger partial charge in [0.15, 0.2) is 0 Å². The Morgan fingerprint density at radius 3 is 2.61 bits per heavy atom. The van der Waals surface area contributed by atoms with Crippen LogP contribution < -0.4 is 11.2 Å². The molecule has 1 amide bonds. The maximum atomic E-state index is 11.6. The van der Waals surface area contributed by atoms with Gasteiger partial charge in [-0.25, -0.2) is 15.4 Å². The molecule has 18 heavy (non-hydrogen) atoms. The van der Waals surface area contributed by atoms with Crippen LogP contribution in [0.2, 0.25) is 0 Å². The Kier molecular flexibility index (Phi) is 3.55. The van der Waals surface area contributed by atoms with Crippen molar-refractivity contribution in [1.82, 2.24) is 20.4 Å². The van der Waals surface area contributed by atoms with Crippen LogP contribution in [0.5, 0.6) is 0 Å². The number of nitrogens with one attached hydrogen (secondary N) is 1. The second-order valence-corrected chi connectivity index (χ2v) is 3.31. The second-order valence-electron chi connectivity index (χ2n) is 3.31. The molecule has 0 spiro atoms. The highest BCUT2D eigenvalue weighted by atomic mass is 16.2. The van der Waals surface area contributed by atoms with E-state index in [1.807, 2.05) is 0 Å². The maximum Gasteiger partial charge on any atom is 0.271 e. The summed E-state index contributed by atoms with van der Waals surface area (Å²) >= 11 is 0. The number of hydrogen-bond donors (Lipinski definition) is 2. The number of carbonyl (C=O) groups is 1. The van der Waals surface area contributed by atoms with Gasteiger partial charge in [0.2, 0.25) is 5.95 Å². The fourth-order valence-electron chi connectivity index (χ4n) is 1.15. The van der Waals surface area contributed by atoms with Gasteiger partial charge in [-0.3, -0.25) is 9.78 Å². The molecule has 0 atom stereocenters. The zero-order valence-corrected chi connectivity index (χ0v) is 9.32. The first-order chi connectivity index (χ1) is 8.75. The quantitative estimate of drug-likeness (QED) is 0.591. The smallest absolute Gasteiger partial charge is 0.271 e. The highest BCUT2D eigenvalue weighted by Crippen LogP contribution is 1.96. The zero-order chi connectivity index (χ0) is 12.8. The summed E-state index contributed by atoms with van der Waals surface area (Å²) in [5, 5.41) is 3.78. The summed E-state index contributed by atoms with van der Waals surface area (Å²) < 4.78 is 0. The number of amides is 1. The molecule has 0 saturated heterocycles. The number of aromatic nitrogens is 3. The molecule has 0 aliphatic heterocycles. The van der Waals surface area contributed by atoms with Crippen LogP contribution in [0.1, 0.15) is 15.9 Å². The molecule has 0 radical (unpaired) electrons. The summed E-state index contributed by atoms with van der Waals surface area (Å²) in [6.45, 7) is 0. The van der Waals surface area contributed by atoms with E-state index < -0.39 is 0 Å². The van der Waals surface area contributed by atoms with Crippen molar-refractivity contribution in [2.45, 2.75) is 0 Å². The van der Waals surface area contributed by atoms with Crippen molar-refractivity contribution in [3.8, 4) is 0 Å². The molecule has 2 heterocycles. The summed E-state index contributed by atoms with van der Waals surface area (Å²) in [6, 6.07) is 3.19. The average molecular weight is 242 g/mol. The minimum Gasteiger partial charge on any atom is -0.368 e.